The van der Waals surface area contributed by atoms with Crippen LogP contribution >= 0.6 is 23.6 Å². The van der Waals surface area contributed by atoms with Gasteiger partial charge in [-0.1, -0.05) is 30.5 Å². The van der Waals surface area contributed by atoms with Gasteiger partial charge in [0.25, 0.3) is 0 Å². The number of hydrogen-bond donors (Lipinski definition) is 1. The molecule has 24 heavy (non-hydrogen) atoms. The van der Waals surface area contributed by atoms with Crippen molar-refractivity contribution in [1.82, 2.24) is 15.5 Å². The summed E-state index contributed by atoms with van der Waals surface area (Å²) in [5, 5.41) is 11.1. The zero-order valence-electron chi connectivity index (χ0n) is 12.9. The van der Waals surface area contributed by atoms with Crippen molar-refractivity contribution < 1.29 is 13.9 Å². The van der Waals surface area contributed by atoms with Gasteiger partial charge in [-0.15, -0.1) is 10.2 Å². The lowest BCUT2D eigenvalue weighted by Gasteiger charge is -2.14. The third-order valence-electron chi connectivity index (χ3n) is 3.58. The smallest absolute Gasteiger partial charge is 0.414 e. The first-order valence-electron chi connectivity index (χ1n) is 7.39. The number of amides is 1. The minimum atomic E-state index is -0.493. The number of aromatic nitrogens is 2. The van der Waals surface area contributed by atoms with E-state index in [1.807, 2.05) is 6.92 Å². The minimum Gasteiger partial charge on any atom is -0.442 e. The summed E-state index contributed by atoms with van der Waals surface area (Å²) in [4.78, 5) is 14.2. The van der Waals surface area contributed by atoms with Gasteiger partial charge in [-0.2, -0.15) is 0 Å². The lowest BCUT2D eigenvalue weighted by molar-refractivity contribution is 0.143. The quantitative estimate of drug-likeness (QED) is 0.821. The van der Waals surface area contributed by atoms with Crippen molar-refractivity contribution in [2.45, 2.75) is 19.4 Å². The lowest BCUT2D eigenvalue weighted by Crippen LogP contribution is -2.33. The predicted molar refractivity (Wildman–Crippen MR) is 93.8 cm³/mol. The van der Waals surface area contributed by atoms with E-state index in [0.29, 0.717) is 29.3 Å². The second kappa shape index (κ2) is 7.18. The molecule has 0 radical (unpaired) electrons. The van der Waals surface area contributed by atoms with E-state index in [1.54, 1.807) is 17.6 Å². The Morgan fingerprint density at radius 1 is 1.58 bits per heavy atom. The van der Waals surface area contributed by atoms with Crippen molar-refractivity contribution in [2.75, 3.05) is 18.0 Å². The maximum Gasteiger partial charge on any atom is 0.414 e. The van der Waals surface area contributed by atoms with E-state index in [-0.39, 0.29) is 6.10 Å². The van der Waals surface area contributed by atoms with Crippen LogP contribution in [0.4, 0.5) is 14.9 Å². The van der Waals surface area contributed by atoms with Crippen molar-refractivity contribution in [2.24, 2.45) is 0 Å². The number of halogens is 1. The van der Waals surface area contributed by atoms with Crippen LogP contribution in [0.1, 0.15) is 13.3 Å². The number of carbonyl (C=O) groups excluding carboxylic acids is 1. The molecule has 1 N–H and O–H groups in total. The number of nitrogens with one attached hydrogen (secondary N) is 1. The molecule has 2 heterocycles. The molecule has 0 unspecified atom stereocenters. The Kier molecular flexibility index (Phi) is 5.00. The molecular formula is C15H15FN4O2S2. The Labute approximate surface area is 147 Å². The normalized spacial score (nSPS) is 17.0. The molecule has 1 aromatic carbocycles. The molecule has 0 bridgehead atoms. The van der Waals surface area contributed by atoms with Gasteiger partial charge in [0.2, 0.25) is 0 Å². The maximum absolute atomic E-state index is 14.3. The first-order chi connectivity index (χ1) is 11.6. The molecule has 2 aromatic rings. The zero-order valence-corrected chi connectivity index (χ0v) is 14.5. The molecule has 0 saturated carbocycles. The maximum atomic E-state index is 14.3. The van der Waals surface area contributed by atoms with Crippen LogP contribution in [0.15, 0.2) is 23.7 Å². The van der Waals surface area contributed by atoms with Crippen LogP contribution in [0.5, 0.6) is 0 Å². The van der Waals surface area contributed by atoms with E-state index < -0.39 is 11.9 Å². The number of rotatable bonds is 5. The summed E-state index contributed by atoms with van der Waals surface area (Å²) in [5.74, 6) is -0.453. The molecule has 126 valence electrons. The molecule has 9 heteroatoms. The predicted octanol–water partition coefficient (Wildman–Crippen LogP) is 3.00. The van der Waals surface area contributed by atoms with Crippen molar-refractivity contribution in [1.29, 1.82) is 0 Å². The number of hydrogen-bond acceptors (Lipinski definition) is 6. The molecule has 3 rings (SSSR count). The summed E-state index contributed by atoms with van der Waals surface area (Å²) in [7, 11) is 0. The monoisotopic (exact) mass is 366 g/mol. The van der Waals surface area contributed by atoms with Gasteiger partial charge in [0.15, 0.2) is 0 Å². The molecule has 1 aliphatic rings. The summed E-state index contributed by atoms with van der Waals surface area (Å²) in [6.07, 6.45) is -0.0851. The van der Waals surface area contributed by atoms with Crippen molar-refractivity contribution in [3.63, 3.8) is 0 Å². The van der Waals surface area contributed by atoms with Crippen molar-refractivity contribution in [3.05, 3.63) is 29.5 Å². The highest BCUT2D eigenvalue weighted by molar-refractivity contribution is 7.80. The summed E-state index contributed by atoms with van der Waals surface area (Å²) in [5.41, 5.74) is 2.35. The Bertz CT molecular complexity index is 754. The Morgan fingerprint density at radius 3 is 3.08 bits per heavy atom. The second-order valence-electron chi connectivity index (χ2n) is 5.18. The molecule has 1 aromatic heterocycles. The SMILES string of the molecule is CCC(=S)NC[C@H]1CN(c2ccc(-c3nncs3)c(F)c2)C(=O)O1. The highest BCUT2D eigenvalue weighted by atomic mass is 32.1. The van der Waals surface area contributed by atoms with Gasteiger partial charge >= 0.3 is 6.09 Å². The van der Waals surface area contributed by atoms with E-state index in [9.17, 15) is 9.18 Å². The number of benzene rings is 1. The van der Waals surface area contributed by atoms with Crippen LogP contribution in [-0.2, 0) is 4.74 Å². The molecule has 1 aliphatic heterocycles. The highest BCUT2D eigenvalue weighted by Gasteiger charge is 2.32. The van der Waals surface area contributed by atoms with E-state index in [4.69, 9.17) is 17.0 Å². The number of nitrogens with zero attached hydrogens (tertiary/aromatic N) is 3. The average Bonchev–Trinajstić information content (AvgIpc) is 3.22. The van der Waals surface area contributed by atoms with Crippen LogP contribution in [0.3, 0.4) is 0 Å². The Morgan fingerprint density at radius 2 is 2.42 bits per heavy atom. The van der Waals surface area contributed by atoms with E-state index in [1.165, 1.54) is 22.3 Å². The molecule has 6 nitrogen and oxygen atoms in total. The van der Waals surface area contributed by atoms with Gasteiger partial charge in [0, 0.05) is 5.56 Å². The molecule has 0 spiro atoms. The molecule has 1 atom stereocenters. The minimum absolute atomic E-state index is 0.326. The number of ether oxygens (including phenoxy) is 1. The Hall–Kier alpha value is -2.13. The van der Waals surface area contributed by atoms with Gasteiger partial charge in [-0.25, -0.2) is 9.18 Å². The lowest BCUT2D eigenvalue weighted by atomic mass is 10.2. The van der Waals surface area contributed by atoms with Crippen molar-refractivity contribution in [3.8, 4) is 10.6 Å². The highest BCUT2D eigenvalue weighted by Crippen LogP contribution is 2.29. The number of cyclic esters (lactones) is 1. The summed E-state index contributed by atoms with van der Waals surface area (Å²) in [6, 6.07) is 4.58. The number of carbonyl (C=O) groups is 1. The second-order valence-corrected chi connectivity index (χ2v) is 6.51. The molecule has 1 saturated heterocycles. The van der Waals surface area contributed by atoms with Gasteiger partial charge in [0.05, 0.1) is 23.8 Å². The fourth-order valence-electron chi connectivity index (χ4n) is 2.33. The topological polar surface area (TPSA) is 67.3 Å². The Balaban J connectivity index is 1.71. The summed E-state index contributed by atoms with van der Waals surface area (Å²) < 4.78 is 19.6. The summed E-state index contributed by atoms with van der Waals surface area (Å²) >= 11 is 6.34. The van der Waals surface area contributed by atoms with Crippen LogP contribution in [0, 0.1) is 5.82 Å². The largest absolute Gasteiger partial charge is 0.442 e. The van der Waals surface area contributed by atoms with Gasteiger partial charge in [-0.05, 0) is 24.6 Å². The number of thiocarbonyl (C=S) groups is 1. The number of anilines is 1. The van der Waals surface area contributed by atoms with E-state index >= 15 is 0 Å². The first-order valence-corrected chi connectivity index (χ1v) is 8.68. The van der Waals surface area contributed by atoms with Crippen LogP contribution in [0.25, 0.3) is 10.6 Å². The molecule has 0 aliphatic carbocycles. The van der Waals surface area contributed by atoms with Crippen LogP contribution < -0.4 is 10.2 Å². The van der Waals surface area contributed by atoms with Gasteiger partial charge in [0.1, 0.15) is 22.4 Å². The van der Waals surface area contributed by atoms with Gasteiger partial charge in [-0.3, -0.25) is 4.90 Å². The zero-order chi connectivity index (χ0) is 17.1. The molecule has 1 fully saturated rings. The molecule has 1 amide bonds. The summed E-state index contributed by atoms with van der Waals surface area (Å²) in [6.45, 7) is 2.74. The van der Waals surface area contributed by atoms with E-state index in [0.717, 1.165) is 11.4 Å². The van der Waals surface area contributed by atoms with Crippen LogP contribution in [-0.4, -0.2) is 40.5 Å². The fourth-order valence-corrected chi connectivity index (χ4v) is 2.99. The third-order valence-corrected chi connectivity index (χ3v) is 4.73. The standard InChI is InChI=1S/C15H15FN4O2S2/c1-2-13(23)17-6-10-7-20(15(21)22-10)9-3-4-11(12(16)5-9)14-19-18-8-24-14/h3-5,8,10H,2,6-7H2,1H3,(H,17,23)/t10-/m0/s1. The third kappa shape index (κ3) is 3.51. The van der Waals surface area contributed by atoms with Gasteiger partial charge < -0.3 is 10.1 Å². The first kappa shape index (κ1) is 16.7. The van der Waals surface area contributed by atoms with Crippen molar-refractivity contribution >= 4 is 40.3 Å². The van der Waals surface area contributed by atoms with Crippen LogP contribution in [0.2, 0.25) is 0 Å². The fraction of sp³-hybridized carbons (Fsp3) is 0.333. The average molecular weight is 366 g/mol. The van der Waals surface area contributed by atoms with E-state index in [2.05, 4.69) is 15.5 Å². The molecular weight excluding hydrogens is 351 g/mol.